The quantitative estimate of drug-likeness (QED) is 0.627. The highest BCUT2D eigenvalue weighted by Gasteiger charge is 2.81. The average molecular weight is 296 g/mol. The molecule has 1 aliphatic carbocycles. The zero-order valence-corrected chi connectivity index (χ0v) is 13.1. The molecule has 5 atom stereocenters. The first-order valence-corrected chi connectivity index (χ1v) is 7.54. The lowest BCUT2D eigenvalue weighted by atomic mass is 9.65. The van der Waals surface area contributed by atoms with Gasteiger partial charge in [-0.3, -0.25) is 4.79 Å². The summed E-state index contributed by atoms with van der Waals surface area (Å²) in [6.07, 6.45) is 2.75. The zero-order valence-electron chi connectivity index (χ0n) is 13.1. The van der Waals surface area contributed by atoms with Gasteiger partial charge in [-0.25, -0.2) is 0 Å². The number of ketones is 1. The fraction of sp³-hybridized carbons (Fsp3) is 0.812. The molecule has 0 amide bonds. The van der Waals surface area contributed by atoms with Gasteiger partial charge in [-0.1, -0.05) is 11.6 Å². The van der Waals surface area contributed by atoms with E-state index < -0.39 is 22.9 Å². The molecule has 1 saturated carbocycles. The van der Waals surface area contributed by atoms with Crippen LogP contribution in [0.5, 0.6) is 0 Å². The van der Waals surface area contributed by atoms with Gasteiger partial charge in [-0.2, -0.15) is 0 Å². The molecule has 0 aromatic heterocycles. The monoisotopic (exact) mass is 296 g/mol. The Labute approximate surface area is 125 Å². The molecule has 1 N–H and O–H groups in total. The van der Waals surface area contributed by atoms with E-state index in [0.717, 1.165) is 6.42 Å². The van der Waals surface area contributed by atoms with E-state index in [2.05, 4.69) is 6.08 Å². The summed E-state index contributed by atoms with van der Waals surface area (Å²) < 4.78 is 16.8. The highest BCUT2D eigenvalue weighted by Crippen LogP contribution is 2.61. The highest BCUT2D eigenvalue weighted by molar-refractivity contribution is 5.87. The number of hydrogen-bond donors (Lipinski definition) is 1. The lowest BCUT2D eigenvalue weighted by Gasteiger charge is -2.45. The first kappa shape index (κ1) is 15.2. The van der Waals surface area contributed by atoms with E-state index in [9.17, 15) is 9.90 Å². The molecule has 0 radical (unpaired) electrons. The third-order valence-electron chi connectivity index (χ3n) is 5.31. The maximum absolute atomic E-state index is 12.2. The molecule has 5 nitrogen and oxygen atoms in total. The number of epoxide rings is 2. The molecule has 0 aromatic rings. The van der Waals surface area contributed by atoms with Crippen molar-refractivity contribution >= 4 is 5.78 Å². The van der Waals surface area contributed by atoms with E-state index in [0.29, 0.717) is 19.4 Å². The van der Waals surface area contributed by atoms with Gasteiger partial charge in [-0.15, -0.1) is 0 Å². The molecule has 2 aliphatic heterocycles. The van der Waals surface area contributed by atoms with Gasteiger partial charge in [-0.05, 0) is 33.6 Å². The second-order valence-corrected chi connectivity index (χ2v) is 6.86. The summed E-state index contributed by atoms with van der Waals surface area (Å²) in [6, 6.07) is 0. The Kier molecular flexibility index (Phi) is 3.34. The van der Waals surface area contributed by atoms with Gasteiger partial charge in [0.15, 0.2) is 11.4 Å². The van der Waals surface area contributed by atoms with E-state index >= 15 is 0 Å². The van der Waals surface area contributed by atoms with Crippen molar-refractivity contribution in [3.8, 4) is 0 Å². The van der Waals surface area contributed by atoms with Gasteiger partial charge in [0.05, 0.1) is 12.7 Å². The Bertz CT molecular complexity index is 491. The minimum Gasteiger partial charge on any atom is -0.380 e. The van der Waals surface area contributed by atoms with Crippen LogP contribution >= 0.6 is 0 Å². The van der Waals surface area contributed by atoms with Crippen molar-refractivity contribution in [3.05, 3.63) is 11.6 Å². The number of rotatable bonds is 4. The molecule has 5 heteroatoms. The molecule has 2 saturated heterocycles. The molecular formula is C16H24O5. The zero-order chi connectivity index (χ0) is 15.5. The molecule has 1 spiro atoms. The van der Waals surface area contributed by atoms with E-state index in [4.69, 9.17) is 14.2 Å². The summed E-state index contributed by atoms with van der Waals surface area (Å²) in [5.41, 5.74) is -1.69. The predicted molar refractivity (Wildman–Crippen MR) is 76.0 cm³/mol. The Morgan fingerprint density at radius 1 is 1.52 bits per heavy atom. The fourth-order valence-corrected chi connectivity index (χ4v) is 3.80. The third kappa shape index (κ3) is 1.95. The minimum atomic E-state index is -1.41. The van der Waals surface area contributed by atoms with Gasteiger partial charge >= 0.3 is 0 Å². The Balaban J connectivity index is 1.90. The van der Waals surface area contributed by atoms with E-state index in [1.54, 1.807) is 0 Å². The van der Waals surface area contributed by atoms with Gasteiger partial charge in [0.2, 0.25) is 0 Å². The number of carbonyl (C=O) groups excluding carboxylic acids is 1. The van der Waals surface area contributed by atoms with Crippen LogP contribution in [0.25, 0.3) is 0 Å². The number of methoxy groups -OCH3 is 1. The van der Waals surface area contributed by atoms with Gasteiger partial charge < -0.3 is 19.3 Å². The van der Waals surface area contributed by atoms with Crippen LogP contribution < -0.4 is 0 Å². The van der Waals surface area contributed by atoms with Crippen molar-refractivity contribution in [1.29, 1.82) is 0 Å². The summed E-state index contributed by atoms with van der Waals surface area (Å²) in [5.74, 6) is -0.0705. The van der Waals surface area contributed by atoms with Crippen LogP contribution in [0.3, 0.4) is 0 Å². The summed E-state index contributed by atoms with van der Waals surface area (Å²) in [5, 5.41) is 11.4. The SMILES string of the molecule is CO[C@@H]1C(=O)CC[C@]2(CO2)[C@@]1(O)[C@@]1(C)O[C@H]1CC=C(C)C. The van der Waals surface area contributed by atoms with Gasteiger partial charge in [0, 0.05) is 13.5 Å². The number of Topliss-reactive ketones (excluding diaryl/α,β-unsaturated/α-hetero) is 1. The molecule has 2 heterocycles. The average Bonchev–Trinajstić information content (AvgIpc) is 3.31. The van der Waals surface area contributed by atoms with Crippen molar-refractivity contribution in [1.82, 2.24) is 0 Å². The minimum absolute atomic E-state index is 0.0705. The molecule has 0 aromatic carbocycles. The predicted octanol–water partition coefficient (Wildman–Crippen LogP) is 1.38. The van der Waals surface area contributed by atoms with Crippen LogP contribution in [-0.4, -0.2) is 53.6 Å². The number of carbonyl (C=O) groups is 1. The summed E-state index contributed by atoms with van der Waals surface area (Å²) in [6.45, 7) is 6.39. The Morgan fingerprint density at radius 3 is 2.71 bits per heavy atom. The highest BCUT2D eigenvalue weighted by atomic mass is 16.7. The lowest BCUT2D eigenvalue weighted by molar-refractivity contribution is -0.193. The van der Waals surface area contributed by atoms with Crippen molar-refractivity contribution < 1.29 is 24.1 Å². The number of allylic oxidation sites excluding steroid dienone is 1. The molecule has 3 fully saturated rings. The normalized spacial score (nSPS) is 48.3. The largest absolute Gasteiger partial charge is 0.380 e. The second kappa shape index (κ2) is 4.62. The van der Waals surface area contributed by atoms with E-state index in [1.807, 2.05) is 20.8 Å². The van der Waals surface area contributed by atoms with Crippen LogP contribution in [0.4, 0.5) is 0 Å². The Morgan fingerprint density at radius 2 is 2.19 bits per heavy atom. The second-order valence-electron chi connectivity index (χ2n) is 6.86. The van der Waals surface area contributed by atoms with Crippen molar-refractivity contribution in [3.63, 3.8) is 0 Å². The van der Waals surface area contributed by atoms with E-state index in [-0.39, 0.29) is 11.9 Å². The molecular weight excluding hydrogens is 272 g/mol. The number of aliphatic hydroxyl groups is 1. The topological polar surface area (TPSA) is 71.6 Å². The summed E-state index contributed by atoms with van der Waals surface area (Å²) in [7, 11) is 1.46. The van der Waals surface area contributed by atoms with Crippen molar-refractivity contribution in [2.75, 3.05) is 13.7 Å². The molecule has 3 aliphatic rings. The number of hydrogen-bond acceptors (Lipinski definition) is 5. The first-order chi connectivity index (χ1) is 9.81. The maximum atomic E-state index is 12.2. The molecule has 3 rings (SSSR count). The van der Waals surface area contributed by atoms with Crippen molar-refractivity contribution in [2.45, 2.75) is 69.0 Å². The van der Waals surface area contributed by atoms with Gasteiger partial charge in [0.1, 0.15) is 17.3 Å². The molecule has 118 valence electrons. The van der Waals surface area contributed by atoms with Crippen LogP contribution in [0.1, 0.15) is 40.0 Å². The molecule has 0 bridgehead atoms. The molecule has 0 unspecified atom stereocenters. The van der Waals surface area contributed by atoms with Crippen LogP contribution in [0, 0.1) is 0 Å². The van der Waals surface area contributed by atoms with Crippen LogP contribution in [0.2, 0.25) is 0 Å². The Hall–Kier alpha value is -0.750. The van der Waals surface area contributed by atoms with Crippen LogP contribution in [0.15, 0.2) is 11.6 Å². The summed E-state index contributed by atoms with van der Waals surface area (Å²) in [4.78, 5) is 12.2. The third-order valence-corrected chi connectivity index (χ3v) is 5.31. The maximum Gasteiger partial charge on any atom is 0.164 e. The van der Waals surface area contributed by atoms with Crippen molar-refractivity contribution in [2.24, 2.45) is 0 Å². The van der Waals surface area contributed by atoms with Crippen LogP contribution in [-0.2, 0) is 19.0 Å². The lowest BCUT2D eigenvalue weighted by Crippen LogP contribution is -2.69. The summed E-state index contributed by atoms with van der Waals surface area (Å²) >= 11 is 0. The molecule has 21 heavy (non-hydrogen) atoms. The first-order valence-electron chi connectivity index (χ1n) is 7.54. The van der Waals surface area contributed by atoms with Gasteiger partial charge in [0.25, 0.3) is 0 Å². The van der Waals surface area contributed by atoms with E-state index in [1.165, 1.54) is 12.7 Å². The smallest absolute Gasteiger partial charge is 0.164 e. The fourth-order valence-electron chi connectivity index (χ4n) is 3.80. The number of ether oxygens (including phenoxy) is 3. The standard InChI is InChI=1S/C16H24O5/c1-10(2)5-6-12-14(3,21-12)16(18)13(19-4)11(17)7-8-15(16)9-20-15/h5,12-13,18H,6-9H2,1-4H3/t12-,13+,14-,15-,16-/m0/s1.